The molecule has 0 bridgehead atoms. The molecule has 2 aromatic carbocycles. The van der Waals surface area contributed by atoms with Crippen LogP contribution in [-0.4, -0.2) is 32.4 Å². The quantitative estimate of drug-likeness (QED) is 0.687. The number of aryl methyl sites for hydroxylation is 1. The Labute approximate surface area is 159 Å². The van der Waals surface area contributed by atoms with E-state index in [1.807, 2.05) is 31.4 Å². The van der Waals surface area contributed by atoms with E-state index in [2.05, 4.69) is 10.0 Å². The van der Waals surface area contributed by atoms with Crippen molar-refractivity contribution in [3.63, 3.8) is 0 Å². The van der Waals surface area contributed by atoms with Crippen molar-refractivity contribution in [1.29, 1.82) is 0 Å². The molecule has 26 heavy (non-hydrogen) atoms. The first kappa shape index (κ1) is 20.5. The van der Waals surface area contributed by atoms with Crippen LogP contribution < -0.4 is 10.0 Å². The first-order valence-corrected chi connectivity index (χ1v) is 11.3. The number of nitrogens with one attached hydrogen (secondary N) is 2. The molecule has 0 aliphatic heterocycles. The molecule has 0 spiro atoms. The van der Waals surface area contributed by atoms with Crippen molar-refractivity contribution in [2.45, 2.75) is 30.7 Å². The number of amides is 1. The van der Waals surface area contributed by atoms with Crippen molar-refractivity contribution in [3.8, 4) is 0 Å². The van der Waals surface area contributed by atoms with Crippen LogP contribution in [0.15, 0.2) is 59.5 Å². The van der Waals surface area contributed by atoms with E-state index in [0.29, 0.717) is 17.9 Å². The van der Waals surface area contributed by atoms with E-state index in [1.54, 1.807) is 36.0 Å². The largest absolute Gasteiger partial charge is 0.325 e. The summed E-state index contributed by atoms with van der Waals surface area (Å²) in [6, 6.07) is 14.8. The fraction of sp³-hybridized carbons (Fsp3) is 0.316. The van der Waals surface area contributed by atoms with Gasteiger partial charge in [0.15, 0.2) is 0 Å². The number of carbonyl (C=O) groups is 1. The van der Waals surface area contributed by atoms with Gasteiger partial charge in [-0.1, -0.05) is 37.3 Å². The number of anilines is 1. The third-order valence-corrected chi connectivity index (χ3v) is 6.01. The first-order valence-electron chi connectivity index (χ1n) is 8.42. The van der Waals surface area contributed by atoms with Gasteiger partial charge in [-0.2, -0.15) is 16.5 Å². The Bertz CT molecular complexity index is 824. The van der Waals surface area contributed by atoms with Crippen LogP contribution in [0.2, 0.25) is 0 Å². The SMILES string of the molecule is CCc1cccc(NC(=O)[C@H](CCSC)NS(=O)(=O)c2ccccc2)c1. The molecule has 0 radical (unpaired) electrons. The van der Waals surface area contributed by atoms with Crippen molar-refractivity contribution in [1.82, 2.24) is 4.72 Å². The second-order valence-electron chi connectivity index (χ2n) is 5.81. The Kier molecular flexibility index (Phi) is 7.68. The minimum atomic E-state index is -3.76. The molecule has 0 fully saturated rings. The fourth-order valence-electron chi connectivity index (χ4n) is 2.43. The molecule has 5 nitrogen and oxygen atoms in total. The summed E-state index contributed by atoms with van der Waals surface area (Å²) in [4.78, 5) is 12.8. The maximum absolute atomic E-state index is 12.7. The van der Waals surface area contributed by atoms with Gasteiger partial charge in [-0.15, -0.1) is 0 Å². The summed E-state index contributed by atoms with van der Waals surface area (Å²) < 4.78 is 27.7. The van der Waals surface area contributed by atoms with Gasteiger partial charge in [0.2, 0.25) is 15.9 Å². The molecule has 0 aliphatic rings. The number of benzene rings is 2. The van der Waals surface area contributed by atoms with Crippen LogP contribution in [0.4, 0.5) is 5.69 Å². The minimum absolute atomic E-state index is 0.148. The molecule has 2 N–H and O–H groups in total. The molecule has 0 heterocycles. The third kappa shape index (κ3) is 5.86. The third-order valence-electron chi connectivity index (χ3n) is 3.88. The lowest BCUT2D eigenvalue weighted by atomic mass is 10.1. The molecule has 1 atom stereocenters. The van der Waals surface area contributed by atoms with Gasteiger partial charge in [0, 0.05) is 5.69 Å². The number of rotatable bonds is 9. The molecule has 0 saturated carbocycles. The van der Waals surface area contributed by atoms with E-state index in [-0.39, 0.29) is 10.8 Å². The normalized spacial score (nSPS) is 12.5. The predicted molar refractivity (Wildman–Crippen MR) is 108 cm³/mol. The van der Waals surface area contributed by atoms with Crippen LogP contribution in [0.25, 0.3) is 0 Å². The molecule has 7 heteroatoms. The summed E-state index contributed by atoms with van der Waals surface area (Å²) in [5, 5.41) is 2.82. The summed E-state index contributed by atoms with van der Waals surface area (Å²) in [5.41, 5.74) is 1.77. The molecule has 0 aromatic heterocycles. The molecule has 0 aliphatic carbocycles. The molecule has 140 valence electrons. The van der Waals surface area contributed by atoms with E-state index >= 15 is 0 Å². The van der Waals surface area contributed by atoms with Crippen LogP contribution in [0.5, 0.6) is 0 Å². The van der Waals surface area contributed by atoms with Crippen molar-refractivity contribution in [3.05, 3.63) is 60.2 Å². The van der Waals surface area contributed by atoms with Gasteiger partial charge < -0.3 is 5.32 Å². The van der Waals surface area contributed by atoms with Crippen LogP contribution in [-0.2, 0) is 21.2 Å². The van der Waals surface area contributed by atoms with Crippen molar-refractivity contribution in [2.75, 3.05) is 17.3 Å². The highest BCUT2D eigenvalue weighted by Crippen LogP contribution is 2.14. The van der Waals surface area contributed by atoms with E-state index in [0.717, 1.165) is 12.0 Å². The van der Waals surface area contributed by atoms with Crippen LogP contribution in [0.1, 0.15) is 18.9 Å². The van der Waals surface area contributed by atoms with E-state index in [9.17, 15) is 13.2 Å². The standard InChI is InChI=1S/C19H24N2O3S2/c1-3-15-8-7-9-16(14-15)20-19(22)18(12-13-25-2)21-26(23,24)17-10-5-4-6-11-17/h4-11,14,18,21H,3,12-13H2,1-2H3,(H,20,22)/t18-/m0/s1. The maximum atomic E-state index is 12.7. The lowest BCUT2D eigenvalue weighted by Crippen LogP contribution is -2.44. The van der Waals surface area contributed by atoms with Gasteiger partial charge in [-0.25, -0.2) is 8.42 Å². The highest BCUT2D eigenvalue weighted by molar-refractivity contribution is 7.98. The lowest BCUT2D eigenvalue weighted by molar-refractivity contribution is -0.117. The average molecular weight is 393 g/mol. The Morgan fingerprint density at radius 2 is 1.85 bits per heavy atom. The second kappa shape index (κ2) is 9.75. The summed E-state index contributed by atoms with van der Waals surface area (Å²) in [6.07, 6.45) is 3.19. The zero-order valence-corrected chi connectivity index (χ0v) is 16.6. The van der Waals surface area contributed by atoms with Crippen molar-refractivity contribution >= 4 is 33.4 Å². The lowest BCUT2D eigenvalue weighted by Gasteiger charge is -2.18. The highest BCUT2D eigenvalue weighted by Gasteiger charge is 2.25. The highest BCUT2D eigenvalue weighted by atomic mass is 32.2. The maximum Gasteiger partial charge on any atom is 0.242 e. The second-order valence-corrected chi connectivity index (χ2v) is 8.51. The monoisotopic (exact) mass is 392 g/mol. The Balaban J connectivity index is 2.16. The number of hydrogen-bond donors (Lipinski definition) is 2. The van der Waals surface area contributed by atoms with Gasteiger partial charge in [-0.05, 0) is 54.7 Å². The van der Waals surface area contributed by atoms with Crippen LogP contribution in [0.3, 0.4) is 0 Å². The summed E-state index contributed by atoms with van der Waals surface area (Å²) >= 11 is 1.57. The van der Waals surface area contributed by atoms with Gasteiger partial charge in [0.1, 0.15) is 6.04 Å². The Morgan fingerprint density at radius 1 is 1.12 bits per heavy atom. The van der Waals surface area contributed by atoms with Gasteiger partial charge in [0.05, 0.1) is 4.90 Å². The van der Waals surface area contributed by atoms with E-state index in [4.69, 9.17) is 0 Å². The average Bonchev–Trinajstić information content (AvgIpc) is 2.65. The van der Waals surface area contributed by atoms with Gasteiger partial charge >= 0.3 is 0 Å². The number of hydrogen-bond acceptors (Lipinski definition) is 4. The number of carbonyl (C=O) groups excluding carboxylic acids is 1. The van der Waals surface area contributed by atoms with E-state index in [1.165, 1.54) is 12.1 Å². The fourth-order valence-corrected chi connectivity index (χ4v) is 4.15. The van der Waals surface area contributed by atoms with Gasteiger partial charge in [-0.3, -0.25) is 4.79 Å². The zero-order valence-electron chi connectivity index (χ0n) is 14.9. The zero-order chi connectivity index (χ0) is 19.0. The first-order chi connectivity index (χ1) is 12.5. The topological polar surface area (TPSA) is 75.3 Å². The molecule has 2 rings (SSSR count). The predicted octanol–water partition coefficient (Wildman–Crippen LogP) is 3.29. The van der Waals surface area contributed by atoms with Crippen molar-refractivity contribution in [2.24, 2.45) is 0 Å². The van der Waals surface area contributed by atoms with Crippen LogP contribution in [0, 0.1) is 0 Å². The van der Waals surface area contributed by atoms with Crippen molar-refractivity contribution < 1.29 is 13.2 Å². The van der Waals surface area contributed by atoms with Crippen LogP contribution >= 0.6 is 11.8 Å². The Morgan fingerprint density at radius 3 is 2.50 bits per heavy atom. The number of sulfonamides is 1. The Hall–Kier alpha value is -1.83. The molecular formula is C19H24N2O3S2. The summed E-state index contributed by atoms with van der Waals surface area (Å²) in [5.74, 6) is 0.316. The minimum Gasteiger partial charge on any atom is -0.325 e. The summed E-state index contributed by atoms with van der Waals surface area (Å²) in [7, 11) is -3.76. The summed E-state index contributed by atoms with van der Waals surface area (Å²) in [6.45, 7) is 2.04. The van der Waals surface area contributed by atoms with Gasteiger partial charge in [0.25, 0.3) is 0 Å². The smallest absolute Gasteiger partial charge is 0.242 e. The molecule has 0 unspecified atom stereocenters. The molecular weight excluding hydrogens is 368 g/mol. The molecule has 0 saturated heterocycles. The molecule has 2 aromatic rings. The van der Waals surface area contributed by atoms with E-state index < -0.39 is 16.1 Å². The number of thioether (sulfide) groups is 1. The molecule has 1 amide bonds.